The van der Waals surface area contributed by atoms with E-state index >= 15 is 0 Å². The van der Waals surface area contributed by atoms with Crippen LogP contribution in [-0.2, 0) is 16.1 Å². The largest absolute Gasteiger partial charge is 0.444 e. The van der Waals surface area contributed by atoms with Crippen LogP contribution in [0.3, 0.4) is 0 Å². The minimum atomic E-state index is -0.614. The molecule has 0 radical (unpaired) electrons. The SMILES string of the molecule is C[C@H]1c2c3ccc(Cl)c(Cl)c3nn2CCN1C(=O)CNC(=O)OC(C)(C)C. The van der Waals surface area contributed by atoms with Crippen molar-refractivity contribution in [1.29, 1.82) is 0 Å². The zero-order chi connectivity index (χ0) is 19.9. The summed E-state index contributed by atoms with van der Waals surface area (Å²) in [6, 6.07) is 3.38. The van der Waals surface area contributed by atoms with Gasteiger partial charge in [-0.1, -0.05) is 23.2 Å². The number of hydrogen-bond donors (Lipinski definition) is 1. The summed E-state index contributed by atoms with van der Waals surface area (Å²) >= 11 is 12.4. The van der Waals surface area contributed by atoms with E-state index in [2.05, 4.69) is 10.4 Å². The fourth-order valence-corrected chi connectivity index (χ4v) is 3.57. The van der Waals surface area contributed by atoms with Crippen molar-refractivity contribution in [3.63, 3.8) is 0 Å². The summed E-state index contributed by atoms with van der Waals surface area (Å²) in [5.41, 5.74) is 0.921. The molecule has 0 aliphatic carbocycles. The average molecular weight is 413 g/mol. The highest BCUT2D eigenvalue weighted by Gasteiger charge is 2.31. The van der Waals surface area contributed by atoms with E-state index in [1.54, 1.807) is 31.7 Å². The van der Waals surface area contributed by atoms with Gasteiger partial charge in [0, 0.05) is 11.9 Å². The predicted octanol–water partition coefficient (Wildman–Crippen LogP) is 3.77. The molecule has 0 saturated carbocycles. The molecule has 0 unspecified atom stereocenters. The molecular formula is C18H22Cl2N4O3. The molecule has 0 saturated heterocycles. The van der Waals surface area contributed by atoms with Gasteiger partial charge in [-0.25, -0.2) is 4.79 Å². The molecule has 146 valence electrons. The molecule has 1 aliphatic rings. The number of nitrogens with one attached hydrogen (secondary N) is 1. The third-order valence-electron chi connectivity index (χ3n) is 4.36. The van der Waals surface area contributed by atoms with E-state index in [1.807, 2.05) is 17.7 Å². The molecule has 2 aromatic rings. The van der Waals surface area contributed by atoms with Crippen molar-refractivity contribution in [2.45, 2.75) is 45.9 Å². The Labute approximate surface area is 167 Å². The smallest absolute Gasteiger partial charge is 0.408 e. The van der Waals surface area contributed by atoms with Gasteiger partial charge in [-0.05, 0) is 39.8 Å². The third-order valence-corrected chi connectivity index (χ3v) is 5.16. The van der Waals surface area contributed by atoms with Gasteiger partial charge in [0.1, 0.15) is 17.7 Å². The van der Waals surface area contributed by atoms with Gasteiger partial charge in [0.25, 0.3) is 0 Å². The third kappa shape index (κ3) is 3.99. The van der Waals surface area contributed by atoms with Gasteiger partial charge in [-0.3, -0.25) is 9.48 Å². The molecular weight excluding hydrogens is 391 g/mol. The van der Waals surface area contributed by atoms with E-state index in [0.717, 1.165) is 11.1 Å². The van der Waals surface area contributed by atoms with Gasteiger partial charge in [0.15, 0.2) is 0 Å². The lowest BCUT2D eigenvalue weighted by Crippen LogP contribution is -2.46. The van der Waals surface area contributed by atoms with Gasteiger partial charge in [-0.2, -0.15) is 5.10 Å². The van der Waals surface area contributed by atoms with Gasteiger partial charge >= 0.3 is 6.09 Å². The number of nitrogens with zero attached hydrogens (tertiary/aromatic N) is 3. The monoisotopic (exact) mass is 412 g/mol. The van der Waals surface area contributed by atoms with Crippen molar-refractivity contribution in [2.24, 2.45) is 0 Å². The van der Waals surface area contributed by atoms with Crippen LogP contribution in [0.5, 0.6) is 0 Å². The van der Waals surface area contributed by atoms with Gasteiger partial charge in [0.2, 0.25) is 5.91 Å². The molecule has 1 aliphatic heterocycles. The molecule has 1 N–H and O–H groups in total. The van der Waals surface area contributed by atoms with Crippen molar-refractivity contribution in [3.05, 3.63) is 27.9 Å². The first-order valence-electron chi connectivity index (χ1n) is 8.69. The Morgan fingerprint density at radius 2 is 2.00 bits per heavy atom. The topological polar surface area (TPSA) is 76.5 Å². The maximum Gasteiger partial charge on any atom is 0.408 e. The second-order valence-corrected chi connectivity index (χ2v) is 8.27. The van der Waals surface area contributed by atoms with Crippen LogP contribution in [-0.4, -0.2) is 45.4 Å². The molecule has 7 nitrogen and oxygen atoms in total. The van der Waals surface area contributed by atoms with Crippen molar-refractivity contribution in [2.75, 3.05) is 13.1 Å². The van der Waals surface area contributed by atoms with Crippen LogP contribution < -0.4 is 5.32 Å². The highest BCUT2D eigenvalue weighted by atomic mass is 35.5. The van der Waals surface area contributed by atoms with Gasteiger partial charge < -0.3 is 15.0 Å². The number of benzene rings is 1. The predicted molar refractivity (Wildman–Crippen MR) is 104 cm³/mol. The average Bonchev–Trinajstić information content (AvgIpc) is 2.95. The number of hydrogen-bond acceptors (Lipinski definition) is 4. The van der Waals surface area contributed by atoms with E-state index < -0.39 is 11.7 Å². The normalized spacial score (nSPS) is 17.0. The fourth-order valence-electron chi connectivity index (χ4n) is 3.22. The van der Waals surface area contributed by atoms with E-state index in [4.69, 9.17) is 27.9 Å². The highest BCUT2D eigenvalue weighted by Crippen LogP contribution is 2.36. The molecule has 0 spiro atoms. The van der Waals surface area contributed by atoms with Crippen LogP contribution in [0.25, 0.3) is 10.9 Å². The second-order valence-electron chi connectivity index (χ2n) is 7.48. The molecule has 27 heavy (non-hydrogen) atoms. The number of fused-ring (bicyclic) bond motifs is 3. The van der Waals surface area contributed by atoms with E-state index in [1.165, 1.54) is 0 Å². The van der Waals surface area contributed by atoms with Crippen LogP contribution in [0.15, 0.2) is 12.1 Å². The minimum Gasteiger partial charge on any atom is -0.444 e. The maximum atomic E-state index is 12.6. The molecule has 1 aromatic heterocycles. The molecule has 0 fully saturated rings. The van der Waals surface area contributed by atoms with Crippen LogP contribution in [0, 0.1) is 0 Å². The summed E-state index contributed by atoms with van der Waals surface area (Å²) in [7, 11) is 0. The van der Waals surface area contributed by atoms with E-state index in [-0.39, 0.29) is 18.5 Å². The zero-order valence-electron chi connectivity index (χ0n) is 15.7. The molecule has 1 aromatic carbocycles. The van der Waals surface area contributed by atoms with Gasteiger partial charge in [-0.15, -0.1) is 0 Å². The lowest BCUT2D eigenvalue weighted by Gasteiger charge is -2.34. The Kier molecular flexibility index (Phi) is 5.27. The standard InChI is InChI=1S/C18H22Cl2N4O3/c1-10-16-11-5-6-12(19)14(20)15(11)22-24(16)8-7-23(10)13(25)9-21-17(26)27-18(2,3)4/h5-6,10H,7-9H2,1-4H3,(H,21,26)/t10-/m0/s1. The quantitative estimate of drug-likeness (QED) is 0.813. The summed E-state index contributed by atoms with van der Waals surface area (Å²) < 4.78 is 7.03. The number of halogens is 2. The second kappa shape index (κ2) is 7.20. The molecule has 2 amide bonds. The summed E-state index contributed by atoms with van der Waals surface area (Å²) in [6.45, 7) is 8.14. The molecule has 0 bridgehead atoms. The lowest BCUT2D eigenvalue weighted by molar-refractivity contribution is -0.133. The number of carbonyl (C=O) groups excluding carboxylic acids is 2. The first kappa shape index (κ1) is 19.8. The fraction of sp³-hybridized carbons (Fsp3) is 0.500. The highest BCUT2D eigenvalue weighted by molar-refractivity contribution is 6.45. The van der Waals surface area contributed by atoms with E-state index in [9.17, 15) is 9.59 Å². The first-order chi connectivity index (χ1) is 12.6. The Morgan fingerprint density at radius 1 is 1.30 bits per heavy atom. The molecule has 9 heteroatoms. The molecule has 1 atom stereocenters. The van der Waals surface area contributed by atoms with Crippen molar-refractivity contribution < 1.29 is 14.3 Å². The summed E-state index contributed by atoms with van der Waals surface area (Å²) in [5.74, 6) is -0.186. The number of ether oxygens (including phenoxy) is 1. The Bertz CT molecular complexity index is 904. The van der Waals surface area contributed by atoms with Crippen LogP contribution in [0.1, 0.15) is 39.4 Å². The van der Waals surface area contributed by atoms with Crippen molar-refractivity contribution in [1.82, 2.24) is 20.0 Å². The summed E-state index contributed by atoms with van der Waals surface area (Å²) in [4.78, 5) is 26.1. The Balaban J connectivity index is 1.76. The van der Waals surface area contributed by atoms with Crippen molar-refractivity contribution >= 4 is 46.1 Å². The Hall–Kier alpha value is -1.99. The van der Waals surface area contributed by atoms with Crippen LogP contribution >= 0.6 is 23.2 Å². The number of aromatic nitrogens is 2. The lowest BCUT2D eigenvalue weighted by atomic mass is 10.1. The number of rotatable bonds is 2. The summed E-state index contributed by atoms with van der Waals surface area (Å²) in [5, 5.41) is 8.79. The Morgan fingerprint density at radius 3 is 2.67 bits per heavy atom. The minimum absolute atomic E-state index is 0.127. The first-order valence-corrected chi connectivity index (χ1v) is 9.45. The molecule has 2 heterocycles. The number of alkyl carbamates (subject to hydrolysis) is 1. The van der Waals surface area contributed by atoms with Crippen LogP contribution in [0.2, 0.25) is 10.0 Å². The van der Waals surface area contributed by atoms with E-state index in [0.29, 0.717) is 28.7 Å². The van der Waals surface area contributed by atoms with Crippen LogP contribution in [0.4, 0.5) is 4.79 Å². The van der Waals surface area contributed by atoms with Gasteiger partial charge in [0.05, 0.1) is 28.3 Å². The molecule has 3 rings (SSSR count). The van der Waals surface area contributed by atoms with Crippen molar-refractivity contribution in [3.8, 4) is 0 Å². The summed E-state index contributed by atoms with van der Waals surface area (Å²) in [6.07, 6.45) is -0.613. The number of carbonyl (C=O) groups is 2. The zero-order valence-corrected chi connectivity index (χ0v) is 17.2. The maximum absolute atomic E-state index is 12.6. The number of amides is 2.